The van der Waals surface area contributed by atoms with E-state index in [1.165, 1.54) is 19.0 Å². The third kappa shape index (κ3) is 5.65. The zero-order chi connectivity index (χ0) is 34.9. The molecule has 4 aliphatic carbocycles. The lowest BCUT2D eigenvalue weighted by Crippen LogP contribution is -2.74. The summed E-state index contributed by atoms with van der Waals surface area (Å²) in [6.07, 6.45) is -3.18. The minimum atomic E-state index is -4.93. The fourth-order valence-electron chi connectivity index (χ4n) is 8.30. The minimum Gasteiger partial charge on any atom is -0.507 e. The number of carbonyl (C=O) groups is 5. The first-order valence-corrected chi connectivity index (χ1v) is 16.1. The molecule has 0 aliphatic heterocycles. The lowest BCUT2D eigenvalue weighted by molar-refractivity contribution is -0.181. The van der Waals surface area contributed by atoms with Gasteiger partial charge in [0.25, 0.3) is 0 Å². The van der Waals surface area contributed by atoms with Crippen LogP contribution < -0.4 is 5.73 Å². The van der Waals surface area contributed by atoms with Crippen LogP contribution in [0.5, 0.6) is 5.75 Å². The van der Waals surface area contributed by atoms with E-state index < -0.39 is 99.4 Å². The van der Waals surface area contributed by atoms with Crippen LogP contribution in [0.1, 0.15) is 51.9 Å². The maximum atomic E-state index is 15.0. The number of likely N-dealkylation sites (N-methyl/N-ethyl adjacent to an activating group) is 1. The Morgan fingerprint density at radius 1 is 1.06 bits per heavy atom. The Bertz CT molecular complexity index is 1690. The van der Waals surface area contributed by atoms with E-state index in [0.29, 0.717) is 25.4 Å². The number of phenols is 1. The molecule has 0 radical (unpaired) electrons. The molecule has 0 aromatic heterocycles. The van der Waals surface area contributed by atoms with Gasteiger partial charge in [-0.05, 0) is 80.8 Å². The van der Waals surface area contributed by atoms with Crippen LogP contribution in [0.25, 0.3) is 0 Å². The van der Waals surface area contributed by atoms with Crippen molar-refractivity contribution in [2.45, 2.75) is 56.5 Å². The van der Waals surface area contributed by atoms with Crippen LogP contribution in [0.15, 0.2) is 36.4 Å². The van der Waals surface area contributed by atoms with Gasteiger partial charge in [-0.25, -0.2) is 0 Å². The molecule has 4 N–H and O–H groups in total. The molecule has 2 aromatic rings. The Morgan fingerprint density at radius 3 is 2.31 bits per heavy atom. The van der Waals surface area contributed by atoms with E-state index in [0.717, 1.165) is 24.5 Å². The average Bonchev–Trinajstić information content (AvgIpc) is 3.81. The van der Waals surface area contributed by atoms with E-state index in [1.807, 2.05) is 35.2 Å². The molecule has 3 saturated carbocycles. The third-order valence-corrected chi connectivity index (χ3v) is 10.6. The van der Waals surface area contributed by atoms with Gasteiger partial charge in [0, 0.05) is 25.6 Å². The Labute approximate surface area is 275 Å². The van der Waals surface area contributed by atoms with E-state index in [4.69, 9.17) is 5.73 Å². The quantitative estimate of drug-likeness (QED) is 0.341. The number of primary amides is 1. The number of Topliss-reactive ketones (excluding diaryl/α,β-unsaturated/α-hetero) is 4. The summed E-state index contributed by atoms with van der Waals surface area (Å²) in [4.78, 5) is 70.1. The molecule has 2 aromatic carbocycles. The van der Waals surface area contributed by atoms with E-state index >= 15 is 13.2 Å². The highest BCUT2D eigenvalue weighted by Gasteiger charge is 2.69. The van der Waals surface area contributed by atoms with Gasteiger partial charge in [0.1, 0.15) is 5.75 Å². The zero-order valence-electron chi connectivity index (χ0n) is 26.6. The third-order valence-electron chi connectivity index (χ3n) is 10.6. The molecule has 6 atom stereocenters. The number of carbonyl (C=O) groups excluding carboxylic acids is 5. The molecular formula is C35H38F3N3O7. The summed E-state index contributed by atoms with van der Waals surface area (Å²) in [6.45, 7) is 0.901. The number of phenolic OH excluding ortho intramolecular Hbond substituents is 1. The number of hydrogen-bond acceptors (Lipinski definition) is 9. The molecule has 3 fully saturated rings. The average molecular weight is 670 g/mol. The van der Waals surface area contributed by atoms with Crippen LogP contribution in [0.2, 0.25) is 0 Å². The smallest absolute Gasteiger partial charge is 0.417 e. The van der Waals surface area contributed by atoms with Crippen molar-refractivity contribution in [3.63, 3.8) is 0 Å². The van der Waals surface area contributed by atoms with Crippen molar-refractivity contribution in [1.29, 1.82) is 0 Å². The number of nitrogens with two attached hydrogens (primary N) is 1. The van der Waals surface area contributed by atoms with Gasteiger partial charge in [0.2, 0.25) is 5.91 Å². The number of halogens is 3. The molecule has 10 nitrogen and oxygen atoms in total. The van der Waals surface area contributed by atoms with E-state index in [1.54, 1.807) is 0 Å². The predicted octanol–water partition coefficient (Wildman–Crippen LogP) is 2.34. The number of aliphatic hydroxyl groups is 1. The van der Waals surface area contributed by atoms with Crippen LogP contribution in [0.4, 0.5) is 13.2 Å². The summed E-state index contributed by atoms with van der Waals surface area (Å²) in [7, 11) is 2.87. The number of benzene rings is 2. The highest BCUT2D eigenvalue weighted by atomic mass is 19.4. The monoisotopic (exact) mass is 669 g/mol. The van der Waals surface area contributed by atoms with Crippen molar-refractivity contribution in [3.8, 4) is 5.75 Å². The molecule has 1 amide bonds. The molecule has 0 spiro atoms. The summed E-state index contributed by atoms with van der Waals surface area (Å²) >= 11 is 0. The maximum absolute atomic E-state index is 15.0. The largest absolute Gasteiger partial charge is 0.507 e. The first kappa shape index (κ1) is 33.9. The summed E-state index contributed by atoms with van der Waals surface area (Å²) in [5.41, 5.74) is 1.04. The van der Waals surface area contributed by atoms with Crippen LogP contribution in [-0.2, 0) is 44.7 Å². The Hall–Kier alpha value is -3.94. The van der Waals surface area contributed by atoms with Gasteiger partial charge in [-0.3, -0.25) is 33.8 Å². The van der Waals surface area contributed by atoms with Crippen LogP contribution in [0, 0.1) is 29.6 Å². The second-order valence-corrected chi connectivity index (χ2v) is 14.0. The van der Waals surface area contributed by atoms with Crippen molar-refractivity contribution in [3.05, 3.63) is 64.2 Å². The molecule has 0 bridgehead atoms. The van der Waals surface area contributed by atoms with Crippen molar-refractivity contribution in [2.24, 2.45) is 35.3 Å². The number of rotatable bonds is 9. The highest BCUT2D eigenvalue weighted by Crippen LogP contribution is 2.53. The summed E-state index contributed by atoms with van der Waals surface area (Å²) in [5, 5.41) is 22.9. The van der Waals surface area contributed by atoms with Crippen molar-refractivity contribution in [1.82, 2.24) is 9.80 Å². The first-order chi connectivity index (χ1) is 22.5. The standard InChI is InChI=1S/C35H38F3N3O7/c1-40(2)28-22-13-19-12-21-25(29(43)24(19)31(45)34(22,48)32(46)26(30(28)44)33(39)47)23(42)14-20(27(21)35(36,37)38)16-41(15-18-8-9-18)11-10-17-6-4-3-5-7-17/h3-7,14,18-19,22,24,26,28,42,48H,8-13,15-16H2,1-2H3,(H2,39,47)/t19-,22-,24?,26?,28-,34-/m0/s1. The fraction of sp³-hybridized carbons (Fsp3) is 0.514. The maximum Gasteiger partial charge on any atom is 0.417 e. The van der Waals surface area contributed by atoms with Gasteiger partial charge in [-0.1, -0.05) is 30.3 Å². The van der Waals surface area contributed by atoms with Crippen LogP contribution in [0.3, 0.4) is 0 Å². The molecule has 2 unspecified atom stereocenters. The van der Waals surface area contributed by atoms with Gasteiger partial charge in [0.05, 0.1) is 23.1 Å². The molecular weight excluding hydrogens is 631 g/mol. The first-order valence-electron chi connectivity index (χ1n) is 16.1. The Balaban J connectivity index is 1.40. The van der Waals surface area contributed by atoms with Crippen molar-refractivity contribution in [2.75, 3.05) is 27.2 Å². The SMILES string of the molecule is CN(C)[C@@H]1C(=O)C(C(N)=O)C(=O)[C@@]2(O)C(=O)C3C(=O)c4c(O)cc(CN(CCc5ccccc5)CC5CC5)c(C(F)(F)F)c4C[C@H]3C[C@@H]12. The topological polar surface area (TPSA) is 158 Å². The lowest BCUT2D eigenvalue weighted by atomic mass is 9.52. The number of nitrogens with zero attached hydrogens (tertiary/aromatic N) is 2. The van der Waals surface area contributed by atoms with Crippen LogP contribution >= 0.6 is 0 Å². The minimum absolute atomic E-state index is 0.136. The number of ketones is 4. The molecule has 0 heterocycles. The van der Waals surface area contributed by atoms with Gasteiger partial charge < -0.3 is 15.9 Å². The van der Waals surface area contributed by atoms with Gasteiger partial charge in [-0.2, -0.15) is 13.2 Å². The number of fused-ring (bicyclic) bond motifs is 3. The second-order valence-electron chi connectivity index (χ2n) is 14.0. The molecule has 48 heavy (non-hydrogen) atoms. The Morgan fingerprint density at radius 2 is 1.73 bits per heavy atom. The highest BCUT2D eigenvalue weighted by molar-refractivity contribution is 6.32. The summed E-state index contributed by atoms with van der Waals surface area (Å²) in [5.74, 6) is -13.0. The number of aromatic hydroxyl groups is 1. The normalized spacial score (nSPS) is 28.8. The van der Waals surface area contributed by atoms with Gasteiger partial charge in [0.15, 0.2) is 34.7 Å². The van der Waals surface area contributed by atoms with E-state index in [2.05, 4.69) is 0 Å². The molecule has 0 saturated heterocycles. The lowest BCUT2D eigenvalue weighted by Gasteiger charge is -2.52. The van der Waals surface area contributed by atoms with Crippen LogP contribution in [-0.4, -0.2) is 87.9 Å². The number of hydrogen-bond donors (Lipinski definition) is 3. The molecule has 4 aliphatic rings. The predicted molar refractivity (Wildman–Crippen MR) is 165 cm³/mol. The number of alkyl halides is 3. The van der Waals surface area contributed by atoms with E-state index in [-0.39, 0.29) is 18.5 Å². The zero-order valence-corrected chi connectivity index (χ0v) is 26.6. The number of amides is 1. The molecule has 13 heteroatoms. The Kier molecular flexibility index (Phi) is 8.62. The van der Waals surface area contributed by atoms with Gasteiger partial charge >= 0.3 is 6.18 Å². The fourth-order valence-corrected chi connectivity index (χ4v) is 8.30. The van der Waals surface area contributed by atoms with Crippen molar-refractivity contribution >= 4 is 29.0 Å². The second kappa shape index (κ2) is 12.2. The molecule has 256 valence electrons. The van der Waals surface area contributed by atoms with Crippen molar-refractivity contribution < 1.29 is 47.4 Å². The summed E-state index contributed by atoms with van der Waals surface area (Å²) in [6, 6.07) is 9.13. The summed E-state index contributed by atoms with van der Waals surface area (Å²) < 4.78 is 45.1. The van der Waals surface area contributed by atoms with E-state index in [9.17, 15) is 34.2 Å². The van der Waals surface area contributed by atoms with Gasteiger partial charge in [-0.15, -0.1) is 0 Å². The molecule has 6 rings (SSSR count).